The van der Waals surface area contributed by atoms with Gasteiger partial charge in [-0.05, 0) is 11.6 Å². The van der Waals surface area contributed by atoms with Gasteiger partial charge in [-0.1, -0.05) is 30.3 Å². The minimum atomic E-state index is -1.02. The zero-order chi connectivity index (χ0) is 21.6. The van der Waals surface area contributed by atoms with Crippen molar-refractivity contribution in [3.05, 3.63) is 59.7 Å². The molecule has 0 bridgehead atoms. The minimum absolute atomic E-state index is 0.230. The van der Waals surface area contributed by atoms with Crippen molar-refractivity contribution in [2.24, 2.45) is 0 Å². The Morgan fingerprint density at radius 3 is 2.10 bits per heavy atom. The smallest absolute Gasteiger partial charge is 0.319 e. The van der Waals surface area contributed by atoms with E-state index in [4.69, 9.17) is 0 Å². The summed E-state index contributed by atoms with van der Waals surface area (Å²) in [5, 5.41) is 6.96. The van der Waals surface area contributed by atoms with E-state index in [1.165, 1.54) is 11.8 Å². The Bertz CT molecular complexity index is 904. The number of halogens is 2. The van der Waals surface area contributed by atoms with E-state index in [9.17, 15) is 23.2 Å². The number of carbonyl (C=O) groups is 3. The molecule has 3 N–H and O–H groups in total. The molecule has 9 heteroatoms. The summed E-state index contributed by atoms with van der Waals surface area (Å²) in [6.45, 7) is 1.17. The van der Waals surface area contributed by atoms with Crippen molar-refractivity contribution in [3.63, 3.8) is 0 Å². The van der Waals surface area contributed by atoms with Crippen molar-refractivity contribution in [1.82, 2.24) is 10.2 Å². The number of amides is 4. The lowest BCUT2D eigenvalue weighted by atomic mass is 10.1. The van der Waals surface area contributed by atoms with Crippen LogP contribution in [0.3, 0.4) is 0 Å². The van der Waals surface area contributed by atoms with E-state index in [2.05, 4.69) is 16.0 Å². The normalized spacial score (nSPS) is 11.3. The molecule has 1 atom stereocenters. The molecule has 0 aliphatic carbocycles. The van der Waals surface area contributed by atoms with Gasteiger partial charge in [0.2, 0.25) is 11.8 Å². The standard InChI is InChI=1S/C20H22F2N4O3/c1-12(27)23-16-11-17(15(22)10-14(16)21)24-20(29)25-18(19(28)26(2)3)9-13-7-5-4-6-8-13/h4-8,10-11,18H,9H2,1-3H3,(H,23,27)(H2,24,25,29). The van der Waals surface area contributed by atoms with E-state index in [0.717, 1.165) is 11.6 Å². The number of rotatable bonds is 6. The minimum Gasteiger partial charge on any atom is -0.347 e. The molecule has 0 aromatic heterocycles. The number of hydrogen-bond acceptors (Lipinski definition) is 3. The fourth-order valence-electron chi connectivity index (χ4n) is 2.61. The molecule has 0 radical (unpaired) electrons. The van der Waals surface area contributed by atoms with Crippen molar-refractivity contribution < 1.29 is 23.2 Å². The van der Waals surface area contributed by atoms with Gasteiger partial charge in [0.25, 0.3) is 0 Å². The van der Waals surface area contributed by atoms with Crippen LogP contribution in [0.15, 0.2) is 42.5 Å². The van der Waals surface area contributed by atoms with Crippen LogP contribution in [0.2, 0.25) is 0 Å². The third-order valence-corrected chi connectivity index (χ3v) is 3.94. The first-order chi connectivity index (χ1) is 13.7. The van der Waals surface area contributed by atoms with Gasteiger partial charge in [0.1, 0.15) is 17.7 Å². The quantitative estimate of drug-likeness (QED) is 0.692. The second-order valence-electron chi connectivity index (χ2n) is 6.57. The van der Waals surface area contributed by atoms with E-state index < -0.39 is 29.6 Å². The second kappa shape index (κ2) is 9.63. The summed E-state index contributed by atoms with van der Waals surface area (Å²) in [7, 11) is 3.11. The first-order valence-corrected chi connectivity index (χ1v) is 8.76. The van der Waals surface area contributed by atoms with Crippen molar-refractivity contribution >= 4 is 29.2 Å². The lowest BCUT2D eigenvalue weighted by molar-refractivity contribution is -0.130. The molecule has 2 aromatic carbocycles. The Kier molecular flexibility index (Phi) is 7.24. The van der Waals surface area contributed by atoms with Gasteiger partial charge in [0.05, 0.1) is 11.4 Å². The average Bonchev–Trinajstić information content (AvgIpc) is 2.64. The van der Waals surface area contributed by atoms with Crippen LogP contribution in [-0.2, 0) is 16.0 Å². The molecule has 0 aliphatic heterocycles. The topological polar surface area (TPSA) is 90.5 Å². The van der Waals surface area contributed by atoms with Crippen LogP contribution < -0.4 is 16.0 Å². The van der Waals surface area contributed by atoms with Crippen molar-refractivity contribution in [2.75, 3.05) is 24.7 Å². The van der Waals surface area contributed by atoms with E-state index in [0.29, 0.717) is 6.07 Å². The van der Waals surface area contributed by atoms with Crippen LogP contribution in [0.5, 0.6) is 0 Å². The summed E-state index contributed by atoms with van der Waals surface area (Å²) < 4.78 is 27.8. The highest BCUT2D eigenvalue weighted by Gasteiger charge is 2.23. The Balaban J connectivity index is 2.17. The average molecular weight is 404 g/mol. The number of likely N-dealkylation sites (N-methyl/N-ethyl adjacent to an activating group) is 1. The molecule has 154 valence electrons. The summed E-state index contributed by atoms with van der Waals surface area (Å²) >= 11 is 0. The molecular weight excluding hydrogens is 382 g/mol. The van der Waals surface area contributed by atoms with Crippen LogP contribution in [0.25, 0.3) is 0 Å². The Hall–Kier alpha value is -3.49. The summed E-state index contributed by atoms with van der Waals surface area (Å²) in [6.07, 6.45) is 0.230. The summed E-state index contributed by atoms with van der Waals surface area (Å²) in [5.74, 6) is -2.90. The molecule has 4 amide bonds. The van der Waals surface area contributed by atoms with Crippen LogP contribution >= 0.6 is 0 Å². The molecule has 29 heavy (non-hydrogen) atoms. The number of nitrogens with zero attached hydrogens (tertiary/aromatic N) is 1. The first kappa shape index (κ1) is 21.8. The maximum absolute atomic E-state index is 14.0. The highest BCUT2D eigenvalue weighted by molar-refractivity contribution is 5.95. The molecule has 0 saturated carbocycles. The fourth-order valence-corrected chi connectivity index (χ4v) is 2.61. The van der Waals surface area contributed by atoms with Gasteiger partial charge < -0.3 is 20.9 Å². The second-order valence-corrected chi connectivity index (χ2v) is 6.57. The number of benzene rings is 2. The summed E-state index contributed by atoms with van der Waals surface area (Å²) in [4.78, 5) is 37.3. The predicted octanol–water partition coefficient (Wildman–Crippen LogP) is 2.74. The molecule has 2 aromatic rings. The van der Waals surface area contributed by atoms with E-state index >= 15 is 0 Å². The lowest BCUT2D eigenvalue weighted by Crippen LogP contribution is -2.49. The highest BCUT2D eigenvalue weighted by Crippen LogP contribution is 2.23. The van der Waals surface area contributed by atoms with E-state index in [1.807, 2.05) is 30.3 Å². The lowest BCUT2D eigenvalue weighted by Gasteiger charge is -2.22. The molecule has 0 fully saturated rings. The molecule has 1 unspecified atom stereocenters. The molecule has 7 nitrogen and oxygen atoms in total. The van der Waals surface area contributed by atoms with Crippen LogP contribution in [-0.4, -0.2) is 42.9 Å². The Morgan fingerprint density at radius 1 is 0.966 bits per heavy atom. The van der Waals surface area contributed by atoms with Gasteiger partial charge in [-0.3, -0.25) is 9.59 Å². The first-order valence-electron chi connectivity index (χ1n) is 8.76. The number of hydrogen-bond donors (Lipinski definition) is 3. The van der Waals surface area contributed by atoms with Crippen LogP contribution in [0.4, 0.5) is 25.0 Å². The molecule has 0 heterocycles. The van der Waals surface area contributed by atoms with Gasteiger partial charge in [0, 0.05) is 33.5 Å². The zero-order valence-corrected chi connectivity index (χ0v) is 16.3. The summed E-state index contributed by atoms with van der Waals surface area (Å²) in [5.41, 5.74) is 0.205. The monoisotopic (exact) mass is 404 g/mol. The number of urea groups is 1. The van der Waals surface area contributed by atoms with E-state index in [-0.39, 0.29) is 23.7 Å². The zero-order valence-electron chi connectivity index (χ0n) is 16.3. The molecule has 2 rings (SSSR count). The fraction of sp³-hybridized carbons (Fsp3) is 0.250. The van der Waals surface area contributed by atoms with Crippen molar-refractivity contribution in [1.29, 1.82) is 0 Å². The maximum Gasteiger partial charge on any atom is 0.319 e. The number of carbonyl (C=O) groups excluding carboxylic acids is 3. The van der Waals surface area contributed by atoms with Crippen molar-refractivity contribution in [3.8, 4) is 0 Å². The van der Waals surface area contributed by atoms with Crippen LogP contribution in [0.1, 0.15) is 12.5 Å². The SMILES string of the molecule is CC(=O)Nc1cc(NC(=O)NC(Cc2ccccc2)C(=O)N(C)C)c(F)cc1F. The molecule has 0 spiro atoms. The predicted molar refractivity (Wildman–Crippen MR) is 105 cm³/mol. The van der Waals surface area contributed by atoms with E-state index in [1.54, 1.807) is 14.1 Å². The Morgan fingerprint density at radius 2 is 1.55 bits per heavy atom. The third kappa shape index (κ3) is 6.27. The van der Waals surface area contributed by atoms with Gasteiger partial charge in [-0.25, -0.2) is 13.6 Å². The van der Waals surface area contributed by atoms with Gasteiger partial charge in [0.15, 0.2) is 0 Å². The van der Waals surface area contributed by atoms with Gasteiger partial charge >= 0.3 is 6.03 Å². The van der Waals surface area contributed by atoms with Gasteiger partial charge in [-0.2, -0.15) is 0 Å². The summed E-state index contributed by atoms with van der Waals surface area (Å²) in [6, 6.07) is 8.85. The van der Waals surface area contributed by atoms with Gasteiger partial charge in [-0.15, -0.1) is 0 Å². The largest absolute Gasteiger partial charge is 0.347 e. The van der Waals surface area contributed by atoms with Crippen molar-refractivity contribution in [2.45, 2.75) is 19.4 Å². The molecule has 0 aliphatic rings. The highest BCUT2D eigenvalue weighted by atomic mass is 19.1. The van der Waals surface area contributed by atoms with Crippen LogP contribution in [0, 0.1) is 11.6 Å². The third-order valence-electron chi connectivity index (χ3n) is 3.94. The molecular formula is C20H22F2N4O3. The Labute approximate surface area is 167 Å². The number of anilines is 2. The maximum atomic E-state index is 14.0. The molecule has 0 saturated heterocycles. The number of nitrogens with one attached hydrogen (secondary N) is 3.